The number of nitrogens with two attached hydrogens (primary N) is 1. The fraction of sp³-hybridized carbons (Fsp3) is 0.600. The van der Waals surface area contributed by atoms with Gasteiger partial charge in [-0.15, -0.1) is 11.3 Å². The lowest BCUT2D eigenvalue weighted by Crippen LogP contribution is -2.24. The van der Waals surface area contributed by atoms with E-state index >= 15 is 0 Å². The lowest BCUT2D eigenvalue weighted by molar-refractivity contribution is 0.0153. The molecule has 5 heteroatoms. The highest BCUT2D eigenvalue weighted by Gasteiger charge is 2.06. The molecule has 1 heterocycles. The Morgan fingerprint density at radius 3 is 2.87 bits per heavy atom. The lowest BCUT2D eigenvalue weighted by atomic mass is 10.1. The van der Waals surface area contributed by atoms with Crippen LogP contribution in [0.1, 0.15) is 11.3 Å². The van der Waals surface area contributed by atoms with Crippen molar-refractivity contribution in [1.82, 2.24) is 0 Å². The van der Waals surface area contributed by atoms with Crippen LogP contribution in [0.5, 0.6) is 0 Å². The highest BCUT2D eigenvalue weighted by Crippen LogP contribution is 2.11. The quantitative estimate of drug-likeness (QED) is 0.736. The summed E-state index contributed by atoms with van der Waals surface area (Å²) >= 11 is 1.65. The minimum absolute atomic E-state index is 0.0127. The van der Waals surface area contributed by atoms with Crippen LogP contribution in [-0.2, 0) is 11.2 Å². The van der Waals surface area contributed by atoms with Gasteiger partial charge in [-0.2, -0.15) is 0 Å². The summed E-state index contributed by atoms with van der Waals surface area (Å²) in [7, 11) is 0. The van der Waals surface area contributed by atoms with Crippen LogP contribution in [0.2, 0.25) is 0 Å². The smallest absolute Gasteiger partial charge is 0.261 e. The highest BCUT2D eigenvalue weighted by molar-refractivity contribution is 7.09. The molecule has 0 saturated heterocycles. The Kier molecular flexibility index (Phi) is 5.75. The number of thiophene rings is 1. The minimum Gasteiger partial charge on any atom is -0.375 e. The zero-order chi connectivity index (χ0) is 11.1. The molecule has 0 saturated carbocycles. The van der Waals surface area contributed by atoms with Crippen LogP contribution >= 0.6 is 11.3 Å². The molecule has 0 aromatic carbocycles. The average molecular weight is 235 g/mol. The van der Waals surface area contributed by atoms with E-state index < -0.39 is 13.0 Å². The van der Waals surface area contributed by atoms with Gasteiger partial charge in [0.15, 0.2) is 0 Å². The first kappa shape index (κ1) is 12.5. The van der Waals surface area contributed by atoms with Crippen molar-refractivity contribution in [2.24, 2.45) is 5.73 Å². The molecule has 0 radical (unpaired) electrons. The SMILES string of the molecule is NC(CCOCC(F)F)Cc1cccs1. The minimum atomic E-state index is -2.39. The van der Waals surface area contributed by atoms with Crippen LogP contribution in [0.15, 0.2) is 17.5 Å². The number of ether oxygens (including phenoxy) is 1. The molecule has 1 aromatic heterocycles. The van der Waals surface area contributed by atoms with Crippen molar-refractivity contribution in [1.29, 1.82) is 0 Å². The molecule has 0 amide bonds. The summed E-state index contributed by atoms with van der Waals surface area (Å²) in [5, 5.41) is 2.00. The van der Waals surface area contributed by atoms with Crippen LogP contribution in [0.4, 0.5) is 8.78 Å². The summed E-state index contributed by atoms with van der Waals surface area (Å²) in [6, 6.07) is 3.98. The van der Waals surface area contributed by atoms with Crippen molar-refractivity contribution in [3.05, 3.63) is 22.4 Å². The molecule has 1 atom stereocenters. The maximum atomic E-state index is 11.7. The van der Waals surface area contributed by atoms with Gasteiger partial charge < -0.3 is 10.5 Å². The monoisotopic (exact) mass is 235 g/mol. The number of rotatable bonds is 7. The summed E-state index contributed by atoms with van der Waals surface area (Å²) in [6.07, 6.45) is -0.987. The van der Waals surface area contributed by atoms with Crippen molar-refractivity contribution in [2.75, 3.05) is 13.2 Å². The van der Waals surface area contributed by atoms with Gasteiger partial charge in [0.05, 0.1) is 0 Å². The second kappa shape index (κ2) is 6.87. The number of halogens is 2. The Morgan fingerprint density at radius 2 is 2.27 bits per heavy atom. The van der Waals surface area contributed by atoms with E-state index in [1.807, 2.05) is 17.5 Å². The fourth-order valence-electron chi connectivity index (χ4n) is 1.20. The van der Waals surface area contributed by atoms with Gasteiger partial charge in [0.25, 0.3) is 6.43 Å². The van der Waals surface area contributed by atoms with E-state index in [-0.39, 0.29) is 6.04 Å². The summed E-state index contributed by atoms with van der Waals surface area (Å²) < 4.78 is 28.2. The van der Waals surface area contributed by atoms with E-state index in [0.717, 1.165) is 6.42 Å². The van der Waals surface area contributed by atoms with Gasteiger partial charge in [-0.05, 0) is 24.3 Å². The maximum Gasteiger partial charge on any atom is 0.261 e. The molecular weight excluding hydrogens is 220 g/mol. The van der Waals surface area contributed by atoms with Crippen molar-refractivity contribution in [3.63, 3.8) is 0 Å². The van der Waals surface area contributed by atoms with E-state index in [4.69, 9.17) is 10.5 Å². The maximum absolute atomic E-state index is 11.7. The number of alkyl halides is 2. The topological polar surface area (TPSA) is 35.2 Å². The first-order valence-corrected chi connectivity index (χ1v) is 5.70. The summed E-state index contributed by atoms with van der Waals surface area (Å²) in [5.74, 6) is 0. The molecule has 1 rings (SSSR count). The molecule has 0 aliphatic rings. The predicted octanol–water partition coefficient (Wildman–Crippen LogP) is 2.29. The van der Waals surface area contributed by atoms with Crippen LogP contribution in [0, 0.1) is 0 Å². The Bertz CT molecular complexity index is 254. The highest BCUT2D eigenvalue weighted by atomic mass is 32.1. The van der Waals surface area contributed by atoms with Crippen LogP contribution in [0.25, 0.3) is 0 Å². The summed E-state index contributed by atoms with van der Waals surface area (Å²) in [6.45, 7) is -0.192. The third-order valence-corrected chi connectivity index (χ3v) is 2.82. The number of hydrogen-bond donors (Lipinski definition) is 1. The first-order chi connectivity index (χ1) is 7.18. The van der Waals surface area contributed by atoms with Crippen molar-refractivity contribution in [2.45, 2.75) is 25.3 Å². The summed E-state index contributed by atoms with van der Waals surface area (Å²) in [5.41, 5.74) is 5.82. The van der Waals surface area contributed by atoms with Crippen molar-refractivity contribution < 1.29 is 13.5 Å². The predicted molar refractivity (Wildman–Crippen MR) is 57.4 cm³/mol. The van der Waals surface area contributed by atoms with Gasteiger partial charge in [-0.1, -0.05) is 6.07 Å². The van der Waals surface area contributed by atoms with Crippen LogP contribution in [0.3, 0.4) is 0 Å². The molecule has 0 spiro atoms. The van der Waals surface area contributed by atoms with E-state index in [1.54, 1.807) is 11.3 Å². The third kappa shape index (κ3) is 5.81. The molecule has 0 aliphatic heterocycles. The van der Waals surface area contributed by atoms with E-state index in [1.165, 1.54) is 4.88 Å². The molecule has 0 aliphatic carbocycles. The second-order valence-corrected chi connectivity index (χ2v) is 4.33. The normalized spacial score (nSPS) is 13.3. The molecular formula is C10H15F2NOS. The van der Waals surface area contributed by atoms with Gasteiger partial charge in [-0.25, -0.2) is 8.78 Å². The van der Waals surface area contributed by atoms with Crippen molar-refractivity contribution >= 4 is 11.3 Å². The van der Waals surface area contributed by atoms with Gasteiger partial charge >= 0.3 is 0 Å². The fourth-order valence-corrected chi connectivity index (χ4v) is 2.00. The Hall–Kier alpha value is -0.520. The van der Waals surface area contributed by atoms with Gasteiger partial charge in [0, 0.05) is 17.5 Å². The largest absolute Gasteiger partial charge is 0.375 e. The van der Waals surface area contributed by atoms with E-state index in [2.05, 4.69) is 0 Å². The molecule has 2 N–H and O–H groups in total. The molecule has 1 unspecified atom stereocenters. The van der Waals surface area contributed by atoms with Crippen LogP contribution in [-0.4, -0.2) is 25.7 Å². The van der Waals surface area contributed by atoms with E-state index in [9.17, 15) is 8.78 Å². The van der Waals surface area contributed by atoms with Crippen LogP contribution < -0.4 is 5.73 Å². The molecule has 0 fully saturated rings. The summed E-state index contributed by atoms with van der Waals surface area (Å²) in [4.78, 5) is 1.22. The zero-order valence-corrected chi connectivity index (χ0v) is 9.18. The van der Waals surface area contributed by atoms with Gasteiger partial charge in [0.2, 0.25) is 0 Å². The second-order valence-electron chi connectivity index (χ2n) is 3.30. The molecule has 1 aromatic rings. The standard InChI is InChI=1S/C10H15F2NOS/c11-10(12)7-14-4-3-8(13)6-9-2-1-5-15-9/h1-2,5,8,10H,3-4,6-7,13H2. The van der Waals surface area contributed by atoms with Gasteiger partial charge in [0.1, 0.15) is 6.61 Å². The molecule has 15 heavy (non-hydrogen) atoms. The Balaban J connectivity index is 2.06. The Morgan fingerprint density at radius 1 is 1.47 bits per heavy atom. The molecule has 86 valence electrons. The molecule has 0 bridgehead atoms. The van der Waals surface area contributed by atoms with E-state index in [0.29, 0.717) is 13.0 Å². The lowest BCUT2D eigenvalue weighted by Gasteiger charge is -2.10. The van der Waals surface area contributed by atoms with Crippen molar-refractivity contribution in [3.8, 4) is 0 Å². The zero-order valence-electron chi connectivity index (χ0n) is 8.36. The average Bonchev–Trinajstić information content (AvgIpc) is 2.64. The molecule has 2 nitrogen and oxygen atoms in total. The Labute approximate surface area is 92.0 Å². The first-order valence-electron chi connectivity index (χ1n) is 4.82. The number of hydrogen-bond acceptors (Lipinski definition) is 3. The van der Waals surface area contributed by atoms with Gasteiger partial charge in [-0.3, -0.25) is 0 Å². The third-order valence-electron chi connectivity index (χ3n) is 1.92.